The van der Waals surface area contributed by atoms with Crippen molar-refractivity contribution in [3.63, 3.8) is 0 Å². The number of nitrogens with one attached hydrogen (secondary N) is 1. The predicted octanol–water partition coefficient (Wildman–Crippen LogP) is 2.00. The Balaban J connectivity index is 1.57. The molecule has 0 aliphatic carbocycles. The maximum Gasteiger partial charge on any atom is 0.243 e. The van der Waals surface area contributed by atoms with Gasteiger partial charge in [0.2, 0.25) is 15.9 Å². The van der Waals surface area contributed by atoms with Gasteiger partial charge in [0, 0.05) is 32.2 Å². The second-order valence-electron chi connectivity index (χ2n) is 7.33. The van der Waals surface area contributed by atoms with Crippen LogP contribution in [0.25, 0.3) is 0 Å². The van der Waals surface area contributed by atoms with Gasteiger partial charge >= 0.3 is 0 Å². The summed E-state index contributed by atoms with van der Waals surface area (Å²) in [6.45, 7) is 5.80. The van der Waals surface area contributed by atoms with E-state index in [1.165, 1.54) is 4.31 Å². The van der Waals surface area contributed by atoms with E-state index in [2.05, 4.69) is 5.32 Å². The molecule has 1 amide bonds. The van der Waals surface area contributed by atoms with Crippen molar-refractivity contribution in [3.8, 4) is 0 Å². The number of hydrogen-bond donors (Lipinski definition) is 1. The lowest BCUT2D eigenvalue weighted by atomic mass is 9.97. The number of sulfonamides is 1. The zero-order valence-corrected chi connectivity index (χ0v) is 16.3. The van der Waals surface area contributed by atoms with Gasteiger partial charge in [-0.2, -0.15) is 4.31 Å². The Bertz CT molecular complexity index is 749. The summed E-state index contributed by atoms with van der Waals surface area (Å²) in [5.74, 6) is -0.106. The second kappa shape index (κ2) is 8.06. The van der Waals surface area contributed by atoms with Crippen molar-refractivity contribution in [2.24, 2.45) is 5.92 Å². The molecule has 1 aromatic carbocycles. The monoisotopic (exact) mass is 380 g/mol. The van der Waals surface area contributed by atoms with Crippen LogP contribution in [0.5, 0.6) is 0 Å². The highest BCUT2D eigenvalue weighted by atomic mass is 32.2. The number of hydrogen-bond acceptors (Lipinski definition) is 4. The van der Waals surface area contributed by atoms with Crippen molar-refractivity contribution in [2.75, 3.05) is 26.2 Å². The highest BCUT2D eigenvalue weighted by molar-refractivity contribution is 7.89. The molecule has 0 saturated carbocycles. The van der Waals surface area contributed by atoms with Gasteiger partial charge in [0.1, 0.15) is 0 Å². The van der Waals surface area contributed by atoms with E-state index < -0.39 is 10.0 Å². The number of benzene rings is 1. The molecular weight excluding hydrogens is 352 g/mol. The molecule has 0 bridgehead atoms. The Kier molecular flexibility index (Phi) is 5.99. The van der Waals surface area contributed by atoms with Crippen LogP contribution in [0.2, 0.25) is 0 Å². The maximum absolute atomic E-state index is 12.9. The molecule has 26 heavy (non-hydrogen) atoms. The van der Waals surface area contributed by atoms with Gasteiger partial charge in [-0.05, 0) is 56.7 Å². The lowest BCUT2D eigenvalue weighted by molar-refractivity contribution is -0.126. The van der Waals surface area contributed by atoms with E-state index in [0.29, 0.717) is 37.4 Å². The summed E-state index contributed by atoms with van der Waals surface area (Å²) in [6, 6.07) is 5.48. The van der Waals surface area contributed by atoms with Crippen molar-refractivity contribution in [2.45, 2.75) is 50.5 Å². The summed E-state index contributed by atoms with van der Waals surface area (Å²) >= 11 is 0. The van der Waals surface area contributed by atoms with E-state index in [1.54, 1.807) is 6.07 Å². The molecular formula is C19H28N2O4S. The molecule has 0 spiro atoms. The van der Waals surface area contributed by atoms with Crippen molar-refractivity contribution in [1.82, 2.24) is 9.62 Å². The Morgan fingerprint density at radius 3 is 2.62 bits per heavy atom. The first-order valence-electron chi connectivity index (χ1n) is 9.34. The molecule has 2 aliphatic rings. The number of piperidine rings is 1. The van der Waals surface area contributed by atoms with Crippen LogP contribution in [0.15, 0.2) is 23.1 Å². The summed E-state index contributed by atoms with van der Waals surface area (Å²) in [6.07, 6.45) is 3.29. The van der Waals surface area contributed by atoms with E-state index in [0.717, 1.165) is 30.6 Å². The van der Waals surface area contributed by atoms with E-state index in [9.17, 15) is 13.2 Å². The molecule has 1 atom stereocenters. The minimum atomic E-state index is -3.51. The first kappa shape index (κ1) is 19.3. The molecule has 3 rings (SSSR count). The third-order valence-corrected chi connectivity index (χ3v) is 7.35. The Morgan fingerprint density at radius 2 is 1.96 bits per heavy atom. The van der Waals surface area contributed by atoms with Crippen molar-refractivity contribution in [1.29, 1.82) is 0 Å². The van der Waals surface area contributed by atoms with Gasteiger partial charge in [0.05, 0.1) is 11.0 Å². The first-order chi connectivity index (χ1) is 12.4. The molecule has 2 saturated heterocycles. The van der Waals surface area contributed by atoms with Gasteiger partial charge in [-0.15, -0.1) is 0 Å². The van der Waals surface area contributed by atoms with E-state index >= 15 is 0 Å². The molecule has 0 unspecified atom stereocenters. The molecule has 2 fully saturated rings. The average molecular weight is 381 g/mol. The summed E-state index contributed by atoms with van der Waals surface area (Å²) in [5.41, 5.74) is 1.68. The minimum Gasteiger partial charge on any atom is -0.376 e. The van der Waals surface area contributed by atoms with Crippen molar-refractivity contribution >= 4 is 15.9 Å². The number of rotatable bonds is 5. The number of carbonyl (C=O) groups is 1. The van der Waals surface area contributed by atoms with Crippen LogP contribution in [-0.2, 0) is 19.6 Å². The quantitative estimate of drug-likeness (QED) is 0.848. The van der Waals surface area contributed by atoms with Gasteiger partial charge in [-0.1, -0.05) is 12.1 Å². The van der Waals surface area contributed by atoms with Gasteiger partial charge in [0.25, 0.3) is 0 Å². The molecule has 7 heteroatoms. The van der Waals surface area contributed by atoms with Crippen molar-refractivity contribution < 1.29 is 17.9 Å². The van der Waals surface area contributed by atoms with Crippen LogP contribution in [0.1, 0.15) is 36.8 Å². The number of amides is 1. The third-order valence-electron chi connectivity index (χ3n) is 5.31. The smallest absolute Gasteiger partial charge is 0.243 e. The Morgan fingerprint density at radius 1 is 1.23 bits per heavy atom. The largest absolute Gasteiger partial charge is 0.376 e. The summed E-state index contributed by atoms with van der Waals surface area (Å²) in [4.78, 5) is 12.7. The number of ether oxygens (including phenoxy) is 1. The predicted molar refractivity (Wildman–Crippen MR) is 99.4 cm³/mol. The van der Waals surface area contributed by atoms with Gasteiger partial charge < -0.3 is 10.1 Å². The highest BCUT2D eigenvalue weighted by Gasteiger charge is 2.33. The topological polar surface area (TPSA) is 75.7 Å². The molecule has 0 aromatic heterocycles. The van der Waals surface area contributed by atoms with E-state index in [-0.39, 0.29) is 17.9 Å². The zero-order valence-electron chi connectivity index (χ0n) is 15.5. The first-order valence-corrected chi connectivity index (χ1v) is 10.8. The number of carbonyl (C=O) groups excluding carboxylic acids is 1. The van der Waals surface area contributed by atoms with Crippen LogP contribution in [0, 0.1) is 19.8 Å². The highest BCUT2D eigenvalue weighted by Crippen LogP contribution is 2.26. The lowest BCUT2D eigenvalue weighted by Gasteiger charge is -2.31. The standard InChI is InChI=1S/C19H28N2O4S/c1-14-5-6-15(2)18(12-14)26(23,24)21-9-7-16(8-10-21)19(22)20-13-17-4-3-11-25-17/h5-6,12,16-17H,3-4,7-11,13H2,1-2H3,(H,20,22)/t17-/m0/s1. The van der Waals surface area contributed by atoms with E-state index in [4.69, 9.17) is 4.74 Å². The fraction of sp³-hybridized carbons (Fsp3) is 0.632. The lowest BCUT2D eigenvalue weighted by Crippen LogP contribution is -2.44. The fourth-order valence-electron chi connectivity index (χ4n) is 3.65. The molecule has 6 nitrogen and oxygen atoms in total. The summed E-state index contributed by atoms with van der Waals surface area (Å²) in [5, 5.41) is 2.96. The van der Waals surface area contributed by atoms with Crippen LogP contribution in [0.3, 0.4) is 0 Å². The number of aryl methyl sites for hydroxylation is 2. The molecule has 2 aliphatic heterocycles. The van der Waals surface area contributed by atoms with Gasteiger partial charge in [-0.3, -0.25) is 4.79 Å². The second-order valence-corrected chi connectivity index (χ2v) is 9.23. The Hall–Kier alpha value is -1.44. The van der Waals surface area contributed by atoms with Crippen LogP contribution in [-0.4, -0.2) is 51.0 Å². The normalized spacial score (nSPS) is 22.5. The van der Waals surface area contributed by atoms with Gasteiger partial charge in [-0.25, -0.2) is 8.42 Å². The van der Waals surface area contributed by atoms with Crippen LogP contribution < -0.4 is 5.32 Å². The summed E-state index contributed by atoms with van der Waals surface area (Å²) in [7, 11) is -3.51. The molecule has 0 radical (unpaired) electrons. The molecule has 1 aromatic rings. The minimum absolute atomic E-state index is 0.0179. The van der Waals surface area contributed by atoms with Crippen LogP contribution >= 0.6 is 0 Å². The van der Waals surface area contributed by atoms with Gasteiger partial charge in [0.15, 0.2) is 0 Å². The third kappa shape index (κ3) is 4.27. The summed E-state index contributed by atoms with van der Waals surface area (Å²) < 4.78 is 32.9. The Labute approximate surface area is 156 Å². The number of nitrogens with zero attached hydrogens (tertiary/aromatic N) is 1. The molecule has 144 valence electrons. The molecule has 1 N–H and O–H groups in total. The fourth-order valence-corrected chi connectivity index (χ4v) is 5.43. The molecule has 2 heterocycles. The van der Waals surface area contributed by atoms with Crippen molar-refractivity contribution in [3.05, 3.63) is 29.3 Å². The van der Waals surface area contributed by atoms with Crippen LogP contribution in [0.4, 0.5) is 0 Å². The SMILES string of the molecule is Cc1ccc(C)c(S(=O)(=O)N2CCC(C(=O)NC[C@@H]3CCCO3)CC2)c1. The van der Waals surface area contributed by atoms with E-state index in [1.807, 2.05) is 26.0 Å². The average Bonchev–Trinajstić information content (AvgIpc) is 3.15. The maximum atomic E-state index is 12.9. The zero-order chi connectivity index (χ0) is 18.7.